The molecule has 0 saturated heterocycles. The Hall–Kier alpha value is 0.330. The van der Waals surface area contributed by atoms with Gasteiger partial charge in [0.2, 0.25) is 5.78 Å². The molecule has 0 aliphatic carbocycles. The average Bonchev–Trinajstić information content (AvgIpc) is 1.98. The minimum atomic E-state index is -0.373. The van der Waals surface area contributed by atoms with E-state index in [0.717, 1.165) is 11.9 Å². The molecule has 1 rings (SSSR count). The molecule has 0 aromatic heterocycles. The van der Waals surface area contributed by atoms with Crippen LogP contribution in [-0.4, -0.2) is 15.5 Å². The van der Waals surface area contributed by atoms with Gasteiger partial charge in [-0.3, -0.25) is 4.79 Å². The van der Waals surface area contributed by atoms with Crippen LogP contribution in [0.25, 0.3) is 0 Å². The van der Waals surface area contributed by atoms with Crippen LogP contribution >= 0.6 is 36.2 Å². The van der Waals surface area contributed by atoms with Crippen LogP contribution in [0.4, 0.5) is 0 Å². The summed E-state index contributed by atoms with van der Waals surface area (Å²) in [7, 11) is 0. The molecular formula is C3H2ClNOS2. The highest BCUT2D eigenvalue weighted by molar-refractivity contribution is 8.11. The summed E-state index contributed by atoms with van der Waals surface area (Å²) in [6.45, 7) is 0. The van der Waals surface area contributed by atoms with Gasteiger partial charge in [-0.05, 0) is 11.9 Å². The second kappa shape index (κ2) is 2.29. The molecule has 0 amide bonds. The van der Waals surface area contributed by atoms with Crippen molar-refractivity contribution >= 4 is 47.1 Å². The van der Waals surface area contributed by atoms with Crippen LogP contribution < -0.4 is 0 Å². The van der Waals surface area contributed by atoms with Gasteiger partial charge in [-0.25, -0.2) is 0 Å². The van der Waals surface area contributed by atoms with Gasteiger partial charge >= 0.3 is 0 Å². The minimum absolute atomic E-state index is 0.0509. The highest BCUT2D eigenvalue weighted by Crippen LogP contribution is 2.25. The Morgan fingerprint density at radius 3 is 2.62 bits per heavy atom. The molecule has 5 heteroatoms. The number of rotatable bonds is 0. The maximum atomic E-state index is 10.5. The summed E-state index contributed by atoms with van der Waals surface area (Å²) in [4.78, 5) is 10.5. The zero-order valence-corrected chi connectivity index (χ0v) is 6.13. The SMILES string of the molecule is O=C1C(Cl)=NSC1S. The fraction of sp³-hybridized carbons (Fsp3) is 0.333. The Kier molecular flexibility index (Phi) is 1.84. The van der Waals surface area contributed by atoms with Crippen LogP contribution in [0.15, 0.2) is 4.40 Å². The van der Waals surface area contributed by atoms with E-state index in [1.807, 2.05) is 0 Å². The molecule has 0 spiro atoms. The third kappa shape index (κ3) is 1.01. The molecule has 0 bridgehead atoms. The monoisotopic (exact) mass is 167 g/mol. The van der Waals surface area contributed by atoms with Gasteiger partial charge in [0.15, 0.2) is 5.17 Å². The zero-order chi connectivity index (χ0) is 6.15. The topological polar surface area (TPSA) is 29.4 Å². The van der Waals surface area contributed by atoms with Crippen LogP contribution in [0.1, 0.15) is 0 Å². The van der Waals surface area contributed by atoms with E-state index >= 15 is 0 Å². The Morgan fingerprint density at radius 2 is 2.50 bits per heavy atom. The van der Waals surface area contributed by atoms with E-state index in [0.29, 0.717) is 0 Å². The van der Waals surface area contributed by atoms with Crippen molar-refractivity contribution in [2.75, 3.05) is 0 Å². The summed E-state index contributed by atoms with van der Waals surface area (Å²) in [5.74, 6) is -0.194. The van der Waals surface area contributed by atoms with Crippen molar-refractivity contribution in [2.45, 2.75) is 4.58 Å². The average molecular weight is 168 g/mol. The summed E-state index contributed by atoms with van der Waals surface area (Å²) in [6, 6.07) is 0. The van der Waals surface area contributed by atoms with Crippen molar-refractivity contribution in [1.29, 1.82) is 0 Å². The molecule has 8 heavy (non-hydrogen) atoms. The smallest absolute Gasteiger partial charge is 0.217 e. The van der Waals surface area contributed by atoms with Crippen molar-refractivity contribution in [3.8, 4) is 0 Å². The number of Topliss-reactive ketones (excluding diaryl/α,β-unsaturated/α-hetero) is 1. The summed E-state index contributed by atoms with van der Waals surface area (Å²) in [5, 5.41) is 0.0509. The van der Waals surface area contributed by atoms with Gasteiger partial charge in [0.25, 0.3) is 0 Å². The van der Waals surface area contributed by atoms with Gasteiger partial charge in [0.05, 0.1) is 0 Å². The first-order valence-corrected chi connectivity index (χ1v) is 3.56. The largest absolute Gasteiger partial charge is 0.289 e. The lowest BCUT2D eigenvalue weighted by Gasteiger charge is -1.88. The first-order chi connectivity index (χ1) is 3.72. The summed E-state index contributed by atoms with van der Waals surface area (Å²) in [5.41, 5.74) is 0. The van der Waals surface area contributed by atoms with Crippen molar-refractivity contribution in [3.63, 3.8) is 0 Å². The van der Waals surface area contributed by atoms with Crippen LogP contribution in [-0.2, 0) is 4.79 Å². The summed E-state index contributed by atoms with van der Waals surface area (Å²) >= 11 is 10.2. The maximum absolute atomic E-state index is 10.5. The molecule has 0 aromatic rings. The lowest BCUT2D eigenvalue weighted by atomic mass is 10.5. The number of hydrogen-bond donors (Lipinski definition) is 1. The predicted molar refractivity (Wildman–Crippen MR) is 38.7 cm³/mol. The normalized spacial score (nSPS) is 28.5. The zero-order valence-electron chi connectivity index (χ0n) is 3.67. The minimum Gasteiger partial charge on any atom is -0.289 e. The Balaban J connectivity index is 2.73. The number of halogens is 1. The van der Waals surface area contributed by atoms with E-state index < -0.39 is 0 Å². The van der Waals surface area contributed by atoms with Crippen molar-refractivity contribution in [1.82, 2.24) is 0 Å². The van der Waals surface area contributed by atoms with Crippen LogP contribution in [0, 0.1) is 0 Å². The summed E-state index contributed by atoms with van der Waals surface area (Å²) < 4.78 is 3.20. The van der Waals surface area contributed by atoms with Gasteiger partial charge in [-0.1, -0.05) is 11.6 Å². The van der Waals surface area contributed by atoms with E-state index in [1.54, 1.807) is 0 Å². The standard InChI is InChI=1S/C3H2ClNOS2/c4-2-1(6)3(7)8-5-2/h3,7H. The van der Waals surface area contributed by atoms with Crippen molar-refractivity contribution in [3.05, 3.63) is 0 Å². The lowest BCUT2D eigenvalue weighted by Crippen LogP contribution is -2.10. The molecule has 1 atom stereocenters. The first kappa shape index (κ1) is 6.45. The molecule has 1 aliphatic heterocycles. The quantitative estimate of drug-likeness (QED) is 0.433. The number of thiol groups is 1. The van der Waals surface area contributed by atoms with Gasteiger partial charge in [0, 0.05) is 0 Å². The molecule has 44 valence electrons. The molecule has 0 radical (unpaired) electrons. The number of carbonyl (C=O) groups excluding carboxylic acids is 1. The fourth-order valence-electron chi connectivity index (χ4n) is 0.291. The molecule has 0 fully saturated rings. The van der Waals surface area contributed by atoms with E-state index in [4.69, 9.17) is 11.6 Å². The van der Waals surface area contributed by atoms with Crippen molar-refractivity contribution in [2.24, 2.45) is 4.40 Å². The van der Waals surface area contributed by atoms with E-state index in [-0.39, 0.29) is 15.5 Å². The van der Waals surface area contributed by atoms with Gasteiger partial charge in [-0.2, -0.15) is 17.0 Å². The van der Waals surface area contributed by atoms with Crippen LogP contribution in [0.3, 0.4) is 0 Å². The second-order valence-corrected chi connectivity index (χ2v) is 3.29. The first-order valence-electron chi connectivity index (χ1n) is 1.83. The second-order valence-electron chi connectivity index (χ2n) is 1.20. The van der Waals surface area contributed by atoms with Gasteiger partial charge in [-0.15, -0.1) is 0 Å². The molecule has 0 saturated carbocycles. The number of nitrogens with zero attached hydrogens (tertiary/aromatic N) is 1. The molecule has 0 N–H and O–H groups in total. The lowest BCUT2D eigenvalue weighted by molar-refractivity contribution is -0.110. The molecule has 2 nitrogen and oxygen atoms in total. The van der Waals surface area contributed by atoms with E-state index in [1.165, 1.54) is 0 Å². The molecular weight excluding hydrogens is 166 g/mol. The third-order valence-corrected chi connectivity index (χ3v) is 2.25. The predicted octanol–water partition coefficient (Wildman–Crippen LogP) is 1.11. The fourth-order valence-corrected chi connectivity index (χ4v) is 1.41. The third-order valence-electron chi connectivity index (χ3n) is 0.660. The highest BCUT2D eigenvalue weighted by atomic mass is 35.5. The number of ketones is 1. The molecule has 1 aliphatic rings. The van der Waals surface area contributed by atoms with E-state index in [2.05, 4.69) is 17.0 Å². The number of carbonyl (C=O) groups is 1. The highest BCUT2D eigenvalue weighted by Gasteiger charge is 2.25. The van der Waals surface area contributed by atoms with Crippen molar-refractivity contribution < 1.29 is 4.79 Å². The Labute approximate surface area is 61.2 Å². The Bertz CT molecular complexity index is 157. The Morgan fingerprint density at radius 1 is 1.88 bits per heavy atom. The van der Waals surface area contributed by atoms with Crippen LogP contribution in [0.2, 0.25) is 0 Å². The maximum Gasteiger partial charge on any atom is 0.217 e. The van der Waals surface area contributed by atoms with E-state index in [9.17, 15) is 4.79 Å². The number of hydrogen-bond acceptors (Lipinski definition) is 4. The molecule has 1 heterocycles. The van der Waals surface area contributed by atoms with Crippen LogP contribution in [0.5, 0.6) is 0 Å². The molecule has 1 unspecified atom stereocenters. The van der Waals surface area contributed by atoms with Gasteiger partial charge in [0.1, 0.15) is 4.58 Å². The van der Waals surface area contributed by atoms with Gasteiger partial charge < -0.3 is 0 Å². The summed E-state index contributed by atoms with van der Waals surface area (Å²) in [6.07, 6.45) is 0. The molecule has 0 aromatic carbocycles.